The van der Waals surface area contributed by atoms with E-state index in [2.05, 4.69) is 19.2 Å². The normalized spacial score (nSPS) is 14.3. The molecule has 1 aliphatic heterocycles. The SMILES string of the molecule is CSCC[C@@H](C(=O)Nc1c(C)cccc1C(C)C)N1C(=O)c2ccccc2C1=O. The number of nitrogens with one attached hydrogen (secondary N) is 1. The fourth-order valence-electron chi connectivity index (χ4n) is 3.65. The van der Waals surface area contributed by atoms with Crippen LogP contribution in [-0.2, 0) is 4.79 Å². The van der Waals surface area contributed by atoms with Crippen molar-refractivity contribution in [3.63, 3.8) is 0 Å². The molecule has 0 unspecified atom stereocenters. The summed E-state index contributed by atoms with van der Waals surface area (Å²) in [5, 5.41) is 3.02. The highest BCUT2D eigenvalue weighted by molar-refractivity contribution is 7.98. The highest BCUT2D eigenvalue weighted by atomic mass is 32.2. The van der Waals surface area contributed by atoms with Crippen LogP contribution in [0.15, 0.2) is 42.5 Å². The van der Waals surface area contributed by atoms with Gasteiger partial charge in [0.2, 0.25) is 5.91 Å². The standard InChI is InChI=1S/C23H26N2O3S/c1-14(2)16-11-7-8-15(3)20(16)24-21(26)19(12-13-29-4)25-22(27)17-9-5-6-10-18(17)23(25)28/h5-11,14,19H,12-13H2,1-4H3,(H,24,26)/t19-/m0/s1. The number of fused-ring (bicyclic) bond motifs is 1. The molecular weight excluding hydrogens is 384 g/mol. The minimum atomic E-state index is -0.852. The van der Waals surface area contributed by atoms with E-state index in [4.69, 9.17) is 0 Å². The highest BCUT2D eigenvalue weighted by Crippen LogP contribution is 2.30. The first-order valence-electron chi connectivity index (χ1n) is 9.73. The molecule has 1 atom stereocenters. The van der Waals surface area contributed by atoms with E-state index in [9.17, 15) is 14.4 Å². The van der Waals surface area contributed by atoms with E-state index in [1.807, 2.05) is 31.4 Å². The Kier molecular flexibility index (Phi) is 6.42. The predicted octanol–water partition coefficient (Wildman–Crippen LogP) is 4.47. The number of aryl methyl sites for hydroxylation is 1. The molecule has 0 saturated heterocycles. The summed E-state index contributed by atoms with van der Waals surface area (Å²) in [6.45, 7) is 6.08. The van der Waals surface area contributed by atoms with E-state index in [1.165, 1.54) is 0 Å². The molecule has 0 radical (unpaired) electrons. The molecule has 1 heterocycles. The minimum Gasteiger partial charge on any atom is -0.324 e. The van der Waals surface area contributed by atoms with Gasteiger partial charge in [-0.1, -0.05) is 44.2 Å². The Labute approximate surface area is 175 Å². The number of hydrogen-bond acceptors (Lipinski definition) is 4. The molecule has 152 valence electrons. The van der Waals surface area contributed by atoms with E-state index in [0.717, 1.165) is 21.7 Å². The van der Waals surface area contributed by atoms with Gasteiger partial charge in [0.1, 0.15) is 6.04 Å². The Balaban J connectivity index is 1.94. The number of carbonyl (C=O) groups excluding carboxylic acids is 3. The van der Waals surface area contributed by atoms with E-state index < -0.39 is 17.9 Å². The van der Waals surface area contributed by atoms with Crippen LogP contribution in [0.2, 0.25) is 0 Å². The fourth-order valence-corrected chi connectivity index (χ4v) is 4.11. The van der Waals surface area contributed by atoms with Crippen LogP contribution in [0.3, 0.4) is 0 Å². The zero-order valence-corrected chi connectivity index (χ0v) is 18.0. The van der Waals surface area contributed by atoms with E-state index in [0.29, 0.717) is 23.3 Å². The predicted molar refractivity (Wildman–Crippen MR) is 118 cm³/mol. The topological polar surface area (TPSA) is 66.5 Å². The van der Waals surface area contributed by atoms with E-state index in [-0.39, 0.29) is 11.8 Å². The van der Waals surface area contributed by atoms with Crippen molar-refractivity contribution in [1.82, 2.24) is 4.90 Å². The van der Waals surface area contributed by atoms with Crippen LogP contribution in [0.4, 0.5) is 5.69 Å². The summed E-state index contributed by atoms with van der Waals surface area (Å²) in [5.41, 5.74) is 3.47. The van der Waals surface area contributed by atoms with Gasteiger partial charge < -0.3 is 5.32 Å². The molecule has 1 aliphatic rings. The average molecular weight is 411 g/mol. The Morgan fingerprint density at radius 1 is 1.03 bits per heavy atom. The maximum Gasteiger partial charge on any atom is 0.262 e. The number of para-hydroxylation sites is 1. The van der Waals surface area contributed by atoms with Gasteiger partial charge in [-0.3, -0.25) is 19.3 Å². The van der Waals surface area contributed by atoms with Crippen molar-refractivity contribution in [3.8, 4) is 0 Å². The molecule has 5 nitrogen and oxygen atoms in total. The molecule has 3 amide bonds. The van der Waals surface area contributed by atoms with Gasteiger partial charge in [-0.15, -0.1) is 0 Å². The summed E-state index contributed by atoms with van der Waals surface area (Å²) in [7, 11) is 0. The Hall–Kier alpha value is -2.60. The maximum absolute atomic E-state index is 13.3. The molecule has 3 rings (SSSR count). The molecule has 2 aromatic rings. The zero-order chi connectivity index (χ0) is 21.1. The first kappa shape index (κ1) is 21.1. The van der Waals surface area contributed by atoms with Crippen molar-refractivity contribution >= 4 is 35.2 Å². The molecule has 2 aromatic carbocycles. The number of nitrogens with zero attached hydrogens (tertiary/aromatic N) is 1. The summed E-state index contributed by atoms with van der Waals surface area (Å²) in [6, 6.07) is 11.8. The molecule has 6 heteroatoms. The Bertz CT molecular complexity index is 920. The van der Waals surface area contributed by atoms with Crippen molar-refractivity contribution in [1.29, 1.82) is 0 Å². The van der Waals surface area contributed by atoms with Gasteiger partial charge in [-0.05, 0) is 54.5 Å². The van der Waals surface area contributed by atoms with Gasteiger partial charge in [0.15, 0.2) is 0 Å². The average Bonchev–Trinajstić information content (AvgIpc) is 2.95. The summed E-state index contributed by atoms with van der Waals surface area (Å²) in [6.07, 6.45) is 2.34. The molecule has 1 N–H and O–H groups in total. The van der Waals surface area contributed by atoms with Gasteiger partial charge in [0.05, 0.1) is 11.1 Å². The second kappa shape index (κ2) is 8.82. The number of rotatable bonds is 7. The molecule has 0 spiro atoms. The molecule has 0 aliphatic carbocycles. The smallest absolute Gasteiger partial charge is 0.262 e. The third kappa shape index (κ3) is 4.08. The number of benzene rings is 2. The van der Waals surface area contributed by atoms with Crippen LogP contribution in [0.5, 0.6) is 0 Å². The van der Waals surface area contributed by atoms with E-state index >= 15 is 0 Å². The van der Waals surface area contributed by atoms with Crippen molar-refractivity contribution < 1.29 is 14.4 Å². The highest BCUT2D eigenvalue weighted by Gasteiger charge is 2.42. The Morgan fingerprint density at radius 2 is 1.66 bits per heavy atom. The molecule has 0 bridgehead atoms. The molecule has 29 heavy (non-hydrogen) atoms. The number of imide groups is 1. The van der Waals surface area contributed by atoms with Gasteiger partial charge in [0, 0.05) is 5.69 Å². The van der Waals surface area contributed by atoms with Crippen molar-refractivity contribution in [2.75, 3.05) is 17.3 Å². The number of hydrogen-bond donors (Lipinski definition) is 1. The zero-order valence-electron chi connectivity index (χ0n) is 17.2. The number of carbonyl (C=O) groups is 3. The largest absolute Gasteiger partial charge is 0.324 e. The summed E-state index contributed by atoms with van der Waals surface area (Å²) in [4.78, 5) is 40.3. The van der Waals surface area contributed by atoms with Crippen molar-refractivity contribution in [2.24, 2.45) is 0 Å². The minimum absolute atomic E-state index is 0.231. The summed E-state index contributed by atoms with van der Waals surface area (Å²) < 4.78 is 0. The first-order chi connectivity index (χ1) is 13.9. The van der Waals surface area contributed by atoms with Crippen LogP contribution >= 0.6 is 11.8 Å². The lowest BCUT2D eigenvalue weighted by atomic mass is 9.98. The fraction of sp³-hybridized carbons (Fsp3) is 0.348. The lowest BCUT2D eigenvalue weighted by Gasteiger charge is -2.26. The molecule has 0 saturated carbocycles. The lowest BCUT2D eigenvalue weighted by Crippen LogP contribution is -2.47. The second-order valence-corrected chi connectivity index (χ2v) is 8.49. The first-order valence-corrected chi connectivity index (χ1v) is 11.1. The van der Waals surface area contributed by atoms with E-state index in [1.54, 1.807) is 36.0 Å². The van der Waals surface area contributed by atoms with Crippen LogP contribution in [0.1, 0.15) is 58.0 Å². The van der Waals surface area contributed by atoms with Crippen molar-refractivity contribution in [2.45, 2.75) is 39.2 Å². The van der Waals surface area contributed by atoms with Gasteiger partial charge >= 0.3 is 0 Å². The quantitative estimate of drug-likeness (QED) is 0.684. The third-order valence-corrected chi connectivity index (χ3v) is 5.85. The third-order valence-electron chi connectivity index (χ3n) is 5.21. The number of amides is 3. The number of anilines is 1. The van der Waals surface area contributed by atoms with Gasteiger partial charge in [-0.25, -0.2) is 0 Å². The molecule has 0 aromatic heterocycles. The number of thioether (sulfide) groups is 1. The molecular formula is C23H26N2O3S. The maximum atomic E-state index is 13.3. The monoisotopic (exact) mass is 410 g/mol. The summed E-state index contributed by atoms with van der Waals surface area (Å²) in [5.74, 6) is -0.239. The van der Waals surface area contributed by atoms with Gasteiger partial charge in [-0.2, -0.15) is 11.8 Å². The second-order valence-electron chi connectivity index (χ2n) is 7.51. The lowest BCUT2D eigenvalue weighted by molar-refractivity contribution is -0.120. The van der Waals surface area contributed by atoms with Gasteiger partial charge in [0.25, 0.3) is 11.8 Å². The Morgan fingerprint density at radius 3 is 2.21 bits per heavy atom. The summed E-state index contributed by atoms with van der Waals surface area (Å²) >= 11 is 1.58. The molecule has 0 fully saturated rings. The van der Waals surface area contributed by atoms with Crippen LogP contribution in [-0.4, -0.2) is 40.7 Å². The van der Waals surface area contributed by atoms with Crippen LogP contribution in [0.25, 0.3) is 0 Å². The van der Waals surface area contributed by atoms with Crippen LogP contribution in [0, 0.1) is 6.92 Å². The van der Waals surface area contributed by atoms with Crippen molar-refractivity contribution in [3.05, 3.63) is 64.7 Å². The van der Waals surface area contributed by atoms with Crippen LogP contribution < -0.4 is 5.32 Å².